The molecule has 0 unspecified atom stereocenters. The van der Waals surface area contributed by atoms with E-state index in [0.29, 0.717) is 24.4 Å². The van der Waals surface area contributed by atoms with Crippen molar-refractivity contribution in [2.45, 2.75) is 110 Å². The number of esters is 2. The first-order valence-corrected chi connectivity index (χ1v) is 19.2. The molecule has 0 N–H and O–H groups in total. The van der Waals surface area contributed by atoms with Gasteiger partial charge >= 0.3 is 11.9 Å². The zero-order valence-electron chi connectivity index (χ0n) is 31.5. The summed E-state index contributed by atoms with van der Waals surface area (Å²) >= 11 is 0. The monoisotopic (exact) mass is 700 g/mol. The Bertz CT molecular complexity index is 1670. The summed E-state index contributed by atoms with van der Waals surface area (Å²) in [5.74, 6) is 1.21. The number of rotatable bonds is 12. The summed E-state index contributed by atoms with van der Waals surface area (Å²) in [6.07, 6.45) is 9.63. The van der Waals surface area contributed by atoms with Gasteiger partial charge in [0.15, 0.2) is 0 Å². The largest absolute Gasteiger partial charge is 0.462 e. The predicted molar refractivity (Wildman–Crippen MR) is 198 cm³/mol. The van der Waals surface area contributed by atoms with E-state index in [1.165, 1.54) is 6.07 Å². The fourth-order valence-corrected chi connectivity index (χ4v) is 9.16. The average Bonchev–Trinajstić information content (AvgIpc) is 3.74. The van der Waals surface area contributed by atoms with E-state index in [9.17, 15) is 9.59 Å². The third-order valence-electron chi connectivity index (χ3n) is 11.5. The minimum Gasteiger partial charge on any atom is -0.462 e. The molecule has 1 saturated carbocycles. The van der Waals surface area contributed by atoms with Crippen molar-refractivity contribution >= 4 is 17.6 Å². The van der Waals surface area contributed by atoms with Gasteiger partial charge in [0.25, 0.3) is 0 Å². The molecule has 1 aromatic heterocycles. The van der Waals surface area contributed by atoms with E-state index in [-0.39, 0.29) is 35.7 Å². The van der Waals surface area contributed by atoms with E-state index in [2.05, 4.69) is 50.7 Å². The maximum Gasteiger partial charge on any atom is 0.340 e. The molecular formula is C42H57FN4O4. The van der Waals surface area contributed by atoms with Crippen molar-refractivity contribution in [3.05, 3.63) is 83.2 Å². The molecule has 8 nitrogen and oxygen atoms in total. The summed E-state index contributed by atoms with van der Waals surface area (Å²) in [5, 5.41) is 0. The fourth-order valence-electron chi connectivity index (χ4n) is 9.16. The quantitative estimate of drug-likeness (QED) is 0.179. The van der Waals surface area contributed by atoms with Crippen LogP contribution in [0.5, 0.6) is 0 Å². The number of carbonyl (C=O) groups excluding carboxylic acids is 2. The molecule has 0 bridgehead atoms. The van der Waals surface area contributed by atoms with Gasteiger partial charge in [-0.25, -0.2) is 14.2 Å². The van der Waals surface area contributed by atoms with Crippen LogP contribution in [0.3, 0.4) is 0 Å². The maximum absolute atomic E-state index is 15.2. The molecule has 3 heterocycles. The fraction of sp³-hybridized carbons (Fsp3) is 0.595. The minimum atomic E-state index is -0.552. The molecular weight excluding hydrogens is 643 g/mol. The third kappa shape index (κ3) is 8.19. The lowest BCUT2D eigenvalue weighted by Crippen LogP contribution is -2.55. The number of hydrogen-bond acceptors (Lipinski definition) is 7. The molecule has 2 saturated heterocycles. The molecule has 0 spiro atoms. The summed E-state index contributed by atoms with van der Waals surface area (Å²) in [5.41, 5.74) is 2.66. The van der Waals surface area contributed by atoms with Crippen molar-refractivity contribution in [3.63, 3.8) is 0 Å². The predicted octanol–water partition coefficient (Wildman–Crippen LogP) is 7.76. The maximum atomic E-state index is 15.2. The second-order valence-electron chi connectivity index (χ2n) is 16.2. The number of piperidine rings is 1. The van der Waals surface area contributed by atoms with Gasteiger partial charge in [-0.1, -0.05) is 37.6 Å². The first-order chi connectivity index (χ1) is 24.4. The topological polar surface area (TPSA) is 76.9 Å². The lowest BCUT2D eigenvalue weighted by molar-refractivity contribution is -0.152. The number of carbonyl (C=O) groups is 2. The number of ether oxygens (including phenoxy) is 2. The Balaban J connectivity index is 1.20. The SMILES string of the molecule is CCC(=O)O[C@H]1CCC[C@@H]1[C@@](Cn1ccnc1CC)(c1cccc(F)c1)C1CCN(CC2CN(c3ccc(C)cc3C(=O)OC(C)(C)C)C2)CC1. The molecule has 1 aliphatic carbocycles. The third-order valence-corrected chi connectivity index (χ3v) is 11.5. The zero-order chi connectivity index (χ0) is 36.3. The van der Waals surface area contributed by atoms with E-state index < -0.39 is 11.0 Å². The van der Waals surface area contributed by atoms with Gasteiger partial charge in [-0.2, -0.15) is 0 Å². The molecule has 3 aliphatic rings. The Labute approximate surface area is 303 Å². The molecule has 0 amide bonds. The molecule has 6 rings (SSSR count). The molecule has 2 aliphatic heterocycles. The van der Waals surface area contributed by atoms with Crippen LogP contribution in [-0.4, -0.2) is 70.8 Å². The number of aromatic nitrogens is 2. The highest BCUT2D eigenvalue weighted by atomic mass is 19.1. The van der Waals surface area contributed by atoms with E-state index in [1.807, 2.05) is 52.9 Å². The van der Waals surface area contributed by atoms with Crippen LogP contribution in [-0.2, 0) is 32.6 Å². The van der Waals surface area contributed by atoms with Crippen molar-refractivity contribution < 1.29 is 23.5 Å². The molecule has 3 atom stereocenters. The summed E-state index contributed by atoms with van der Waals surface area (Å²) in [6, 6.07) is 13.3. The second kappa shape index (κ2) is 15.5. The van der Waals surface area contributed by atoms with Gasteiger partial charge < -0.3 is 23.8 Å². The molecule has 51 heavy (non-hydrogen) atoms. The number of nitrogens with zero attached hydrogens (tertiary/aromatic N) is 4. The number of anilines is 1. The van der Waals surface area contributed by atoms with Crippen molar-refractivity contribution in [1.29, 1.82) is 0 Å². The summed E-state index contributed by atoms with van der Waals surface area (Å²) in [6.45, 7) is 17.1. The Morgan fingerprint density at radius 2 is 1.76 bits per heavy atom. The number of aryl methyl sites for hydroxylation is 2. The molecule has 276 valence electrons. The first kappa shape index (κ1) is 37.1. The van der Waals surface area contributed by atoms with Gasteiger partial charge in [0.05, 0.1) is 11.3 Å². The molecule has 0 radical (unpaired) electrons. The van der Waals surface area contributed by atoms with Gasteiger partial charge in [-0.3, -0.25) is 4.79 Å². The lowest BCUT2D eigenvalue weighted by Gasteiger charge is -2.51. The summed E-state index contributed by atoms with van der Waals surface area (Å²) < 4.78 is 29.4. The van der Waals surface area contributed by atoms with E-state index in [0.717, 1.165) is 93.9 Å². The smallest absolute Gasteiger partial charge is 0.340 e. The van der Waals surface area contributed by atoms with Gasteiger partial charge in [0.1, 0.15) is 23.3 Å². The van der Waals surface area contributed by atoms with Crippen molar-refractivity contribution in [1.82, 2.24) is 14.5 Å². The minimum absolute atomic E-state index is 0.0762. The number of likely N-dealkylation sites (tertiary alicyclic amines) is 1. The highest BCUT2D eigenvalue weighted by molar-refractivity contribution is 5.96. The number of imidazole rings is 1. The van der Waals surface area contributed by atoms with Gasteiger partial charge in [0.2, 0.25) is 0 Å². The number of halogens is 1. The summed E-state index contributed by atoms with van der Waals surface area (Å²) in [7, 11) is 0. The molecule has 3 aromatic rings. The first-order valence-electron chi connectivity index (χ1n) is 19.2. The van der Waals surface area contributed by atoms with Crippen molar-refractivity contribution in [2.75, 3.05) is 37.6 Å². The molecule has 3 fully saturated rings. The van der Waals surface area contributed by atoms with Crippen molar-refractivity contribution in [3.8, 4) is 0 Å². The number of hydrogen-bond donors (Lipinski definition) is 0. The van der Waals surface area contributed by atoms with Crippen LogP contribution in [0.25, 0.3) is 0 Å². The van der Waals surface area contributed by atoms with Crippen LogP contribution in [0, 0.1) is 30.5 Å². The molecule has 2 aromatic carbocycles. The van der Waals surface area contributed by atoms with Crippen LogP contribution >= 0.6 is 0 Å². The highest BCUT2D eigenvalue weighted by Crippen LogP contribution is 2.52. The Morgan fingerprint density at radius 1 is 1.00 bits per heavy atom. The van der Waals surface area contributed by atoms with Gasteiger partial charge in [0, 0.05) is 68.7 Å². The van der Waals surface area contributed by atoms with E-state index >= 15 is 4.39 Å². The van der Waals surface area contributed by atoms with Gasteiger partial charge in [-0.05, 0) is 109 Å². The highest BCUT2D eigenvalue weighted by Gasteiger charge is 2.53. The van der Waals surface area contributed by atoms with E-state index in [4.69, 9.17) is 9.47 Å². The van der Waals surface area contributed by atoms with Gasteiger partial charge in [-0.15, -0.1) is 0 Å². The van der Waals surface area contributed by atoms with Crippen molar-refractivity contribution in [2.24, 2.45) is 17.8 Å². The van der Waals surface area contributed by atoms with Crippen LogP contribution < -0.4 is 4.90 Å². The van der Waals surface area contributed by atoms with Crippen LogP contribution in [0.15, 0.2) is 54.9 Å². The zero-order valence-corrected chi connectivity index (χ0v) is 31.5. The standard InChI is InChI=1S/C42H57FN4O4/c1-7-38-44-19-22-46(38)28-42(32-11-9-12-33(43)24-32,35-13-10-14-37(35)50-39(48)8-2)31-17-20-45(21-18-31)25-30-26-47(27-30)36-16-15-29(3)23-34(36)40(49)51-41(4,5)6/h9,11-12,15-16,19,22-24,30-31,35,37H,7-8,10,13-14,17-18,20-21,25-28H2,1-6H3/t35-,37-,42+/m0/s1. The lowest BCUT2D eigenvalue weighted by atomic mass is 9.58. The van der Waals surface area contributed by atoms with Crippen LogP contribution in [0.1, 0.15) is 100 Å². The van der Waals surface area contributed by atoms with Crippen LogP contribution in [0.4, 0.5) is 10.1 Å². The molecule has 9 heteroatoms. The normalized spacial score (nSPS) is 21.7. The summed E-state index contributed by atoms with van der Waals surface area (Å²) in [4.78, 5) is 35.4. The Morgan fingerprint density at radius 3 is 2.45 bits per heavy atom. The number of benzene rings is 2. The Kier molecular flexibility index (Phi) is 11.2. The average molecular weight is 701 g/mol. The van der Waals surface area contributed by atoms with E-state index in [1.54, 1.807) is 6.07 Å². The van der Waals surface area contributed by atoms with Crippen LogP contribution in [0.2, 0.25) is 0 Å². The second-order valence-corrected chi connectivity index (χ2v) is 16.2. The Hall–Kier alpha value is -3.72.